The van der Waals surface area contributed by atoms with E-state index in [1.54, 1.807) is 39.0 Å². The van der Waals surface area contributed by atoms with Crippen LogP contribution in [0.2, 0.25) is 0 Å². The fraction of sp³-hybridized carbons (Fsp3) is 0.462. The molecule has 0 saturated heterocycles. The molecule has 2 N–H and O–H groups in total. The van der Waals surface area contributed by atoms with Crippen molar-refractivity contribution < 1.29 is 17.9 Å². The van der Waals surface area contributed by atoms with Crippen molar-refractivity contribution >= 4 is 21.5 Å². The zero-order valence-corrected chi connectivity index (χ0v) is 12.2. The average molecular weight is 285 g/mol. The van der Waals surface area contributed by atoms with Crippen LogP contribution < -0.4 is 5.73 Å². The molecule has 0 radical (unpaired) electrons. The fourth-order valence-electron chi connectivity index (χ4n) is 1.37. The number of hydrogen-bond donors (Lipinski definition) is 1. The van der Waals surface area contributed by atoms with E-state index in [-0.39, 0.29) is 12.4 Å². The van der Waals surface area contributed by atoms with Gasteiger partial charge >= 0.3 is 5.97 Å². The first-order chi connectivity index (χ1) is 8.74. The van der Waals surface area contributed by atoms with E-state index >= 15 is 0 Å². The molecule has 1 aromatic rings. The second-order valence-corrected chi connectivity index (χ2v) is 7.30. The number of carbonyl (C=O) groups is 1. The van der Waals surface area contributed by atoms with Gasteiger partial charge in [-0.3, -0.25) is 0 Å². The monoisotopic (exact) mass is 285 g/mol. The van der Waals surface area contributed by atoms with Crippen molar-refractivity contribution in [2.75, 3.05) is 18.1 Å². The van der Waals surface area contributed by atoms with Crippen molar-refractivity contribution in [2.24, 2.45) is 0 Å². The maximum atomic E-state index is 11.7. The summed E-state index contributed by atoms with van der Waals surface area (Å²) in [6, 6.07) is 4.80. The molecular weight excluding hydrogens is 266 g/mol. The number of ether oxygens (including phenoxy) is 1. The van der Waals surface area contributed by atoms with Crippen LogP contribution in [-0.4, -0.2) is 32.0 Å². The third-order valence-corrected chi connectivity index (χ3v) is 5.00. The van der Waals surface area contributed by atoms with Gasteiger partial charge in [-0.05, 0) is 44.5 Å². The predicted molar refractivity (Wildman–Crippen MR) is 74.8 cm³/mol. The molecule has 0 heterocycles. The number of nitrogen functional groups attached to an aromatic ring is 1. The summed E-state index contributed by atoms with van der Waals surface area (Å²) in [5.74, 6) is -0.702. The second-order valence-electron chi connectivity index (χ2n) is 4.62. The van der Waals surface area contributed by atoms with Crippen LogP contribution in [0.1, 0.15) is 29.8 Å². The summed E-state index contributed by atoms with van der Waals surface area (Å²) < 4.78 is 28.0. The number of benzene rings is 1. The number of esters is 1. The second kappa shape index (κ2) is 6.06. The fourth-order valence-corrected chi connectivity index (χ4v) is 2.16. The summed E-state index contributed by atoms with van der Waals surface area (Å²) in [7, 11) is -3.19. The highest BCUT2D eigenvalue weighted by Gasteiger charge is 2.17. The van der Waals surface area contributed by atoms with E-state index in [9.17, 15) is 13.2 Å². The standard InChI is InChI=1S/C13H19NO4S/c1-9(2)19(16,17)7-6-18-13(15)11-4-5-12(14)10(3)8-11/h4-5,8-9H,6-7,14H2,1-3H3. The van der Waals surface area contributed by atoms with Gasteiger partial charge in [0, 0.05) is 5.69 Å². The average Bonchev–Trinajstić information content (AvgIpc) is 2.32. The largest absolute Gasteiger partial charge is 0.461 e. The third-order valence-electron chi connectivity index (χ3n) is 2.82. The van der Waals surface area contributed by atoms with E-state index in [1.807, 2.05) is 0 Å². The highest BCUT2D eigenvalue weighted by Crippen LogP contribution is 2.13. The molecule has 0 spiro atoms. The number of sulfone groups is 1. The summed E-state index contributed by atoms with van der Waals surface area (Å²) in [6.07, 6.45) is 0. The van der Waals surface area contributed by atoms with E-state index < -0.39 is 21.1 Å². The number of carbonyl (C=O) groups excluding carboxylic acids is 1. The van der Waals surface area contributed by atoms with Crippen LogP contribution in [0.3, 0.4) is 0 Å². The van der Waals surface area contributed by atoms with Crippen molar-refractivity contribution in [1.82, 2.24) is 0 Å². The molecular formula is C13H19NO4S. The lowest BCUT2D eigenvalue weighted by atomic mass is 10.1. The summed E-state index contributed by atoms with van der Waals surface area (Å²) in [6.45, 7) is 4.85. The lowest BCUT2D eigenvalue weighted by Crippen LogP contribution is -2.22. The van der Waals surface area contributed by atoms with Crippen LogP contribution in [0.25, 0.3) is 0 Å². The first-order valence-corrected chi connectivity index (χ1v) is 7.70. The van der Waals surface area contributed by atoms with E-state index in [1.165, 1.54) is 0 Å². The van der Waals surface area contributed by atoms with E-state index in [2.05, 4.69) is 0 Å². The molecule has 0 amide bonds. The Morgan fingerprint density at radius 1 is 1.37 bits per heavy atom. The Bertz CT molecular complexity index is 564. The quantitative estimate of drug-likeness (QED) is 0.655. The Labute approximate surface area is 113 Å². The molecule has 1 rings (SSSR count). The molecule has 5 nitrogen and oxygen atoms in total. The van der Waals surface area contributed by atoms with Crippen molar-refractivity contribution in [3.63, 3.8) is 0 Å². The van der Waals surface area contributed by atoms with E-state index in [0.717, 1.165) is 5.56 Å². The summed E-state index contributed by atoms with van der Waals surface area (Å²) in [4.78, 5) is 11.7. The maximum Gasteiger partial charge on any atom is 0.338 e. The van der Waals surface area contributed by atoms with Gasteiger partial charge < -0.3 is 10.5 Å². The zero-order valence-electron chi connectivity index (χ0n) is 11.3. The van der Waals surface area contributed by atoms with Crippen molar-refractivity contribution in [2.45, 2.75) is 26.0 Å². The van der Waals surface area contributed by atoms with Gasteiger partial charge in [0.25, 0.3) is 0 Å². The summed E-state index contributed by atoms with van der Waals surface area (Å²) in [5, 5.41) is -0.468. The molecule has 0 unspecified atom stereocenters. The van der Waals surface area contributed by atoms with Crippen molar-refractivity contribution in [3.05, 3.63) is 29.3 Å². The number of rotatable bonds is 5. The molecule has 0 aliphatic heterocycles. The third kappa shape index (κ3) is 4.24. The van der Waals surface area contributed by atoms with Crippen LogP contribution in [0.5, 0.6) is 0 Å². The van der Waals surface area contributed by atoms with Gasteiger partial charge in [0.05, 0.1) is 16.6 Å². The minimum atomic E-state index is -3.19. The van der Waals surface area contributed by atoms with Crippen LogP contribution >= 0.6 is 0 Å². The Morgan fingerprint density at radius 3 is 2.53 bits per heavy atom. The van der Waals surface area contributed by atoms with Crippen LogP contribution in [0.15, 0.2) is 18.2 Å². The molecule has 6 heteroatoms. The van der Waals surface area contributed by atoms with Crippen molar-refractivity contribution in [1.29, 1.82) is 0 Å². The minimum Gasteiger partial charge on any atom is -0.461 e. The van der Waals surface area contributed by atoms with Gasteiger partial charge in [-0.25, -0.2) is 13.2 Å². The summed E-state index contributed by atoms with van der Waals surface area (Å²) in [5.41, 5.74) is 7.39. The van der Waals surface area contributed by atoms with Crippen LogP contribution in [-0.2, 0) is 14.6 Å². The van der Waals surface area contributed by atoms with Gasteiger partial charge in [0.15, 0.2) is 9.84 Å². The van der Waals surface area contributed by atoms with Crippen molar-refractivity contribution in [3.8, 4) is 0 Å². The van der Waals surface area contributed by atoms with E-state index in [4.69, 9.17) is 10.5 Å². The first-order valence-electron chi connectivity index (χ1n) is 5.99. The van der Waals surface area contributed by atoms with Gasteiger partial charge in [0.2, 0.25) is 0 Å². The highest BCUT2D eigenvalue weighted by molar-refractivity contribution is 7.91. The Morgan fingerprint density at radius 2 is 2.00 bits per heavy atom. The summed E-state index contributed by atoms with van der Waals surface area (Å²) >= 11 is 0. The van der Waals surface area contributed by atoms with Crippen LogP contribution in [0.4, 0.5) is 5.69 Å². The zero-order chi connectivity index (χ0) is 14.6. The lowest BCUT2D eigenvalue weighted by Gasteiger charge is -2.09. The molecule has 0 saturated carbocycles. The Hall–Kier alpha value is -1.56. The number of nitrogens with two attached hydrogens (primary N) is 1. The van der Waals surface area contributed by atoms with Gasteiger partial charge in [0.1, 0.15) is 6.61 Å². The maximum absolute atomic E-state index is 11.7. The molecule has 106 valence electrons. The lowest BCUT2D eigenvalue weighted by molar-refractivity contribution is 0.0529. The first kappa shape index (κ1) is 15.5. The van der Waals surface area contributed by atoms with Crippen LogP contribution in [0, 0.1) is 6.92 Å². The van der Waals surface area contributed by atoms with E-state index in [0.29, 0.717) is 11.3 Å². The molecule has 0 aromatic heterocycles. The molecule has 0 bridgehead atoms. The molecule has 0 fully saturated rings. The Kier molecular flexibility index (Phi) is 4.94. The Balaban J connectivity index is 2.59. The van der Waals surface area contributed by atoms with Gasteiger partial charge in [-0.1, -0.05) is 0 Å². The molecule has 1 aromatic carbocycles. The highest BCUT2D eigenvalue weighted by atomic mass is 32.2. The smallest absolute Gasteiger partial charge is 0.338 e. The predicted octanol–water partition coefficient (Wildman–Crippen LogP) is 1.56. The SMILES string of the molecule is Cc1cc(C(=O)OCCS(=O)(=O)C(C)C)ccc1N. The molecule has 19 heavy (non-hydrogen) atoms. The molecule has 0 aliphatic carbocycles. The number of hydrogen-bond acceptors (Lipinski definition) is 5. The normalized spacial score (nSPS) is 11.6. The molecule has 0 aliphatic rings. The topological polar surface area (TPSA) is 86.5 Å². The van der Waals surface area contributed by atoms with Gasteiger partial charge in [-0.2, -0.15) is 0 Å². The number of aryl methyl sites for hydroxylation is 1. The number of anilines is 1. The minimum absolute atomic E-state index is 0.136. The molecule has 0 atom stereocenters. The van der Waals surface area contributed by atoms with Gasteiger partial charge in [-0.15, -0.1) is 0 Å².